The minimum atomic E-state index is -1.59. The maximum atomic E-state index is 12.7. The fourth-order valence-electron chi connectivity index (χ4n) is 6.34. The molecule has 1 fully saturated rings. The smallest absolute Gasteiger partial charge is 0.306 e. The summed E-state index contributed by atoms with van der Waals surface area (Å²) in [4.78, 5) is 25.2. The lowest BCUT2D eigenvalue weighted by molar-refractivity contribution is -0.305. The molecule has 0 spiro atoms. The Kier molecular flexibility index (Phi) is 32.2. The van der Waals surface area contributed by atoms with Crippen molar-refractivity contribution >= 4 is 11.9 Å². The van der Waals surface area contributed by atoms with Crippen molar-refractivity contribution in [1.29, 1.82) is 0 Å². The summed E-state index contributed by atoms with van der Waals surface area (Å²) in [5, 5.41) is 40.0. The van der Waals surface area contributed by atoms with E-state index in [2.05, 4.69) is 38.2 Å². The molecule has 0 aromatic heterocycles. The van der Waals surface area contributed by atoms with E-state index in [4.69, 9.17) is 18.9 Å². The Morgan fingerprint density at radius 2 is 1.02 bits per heavy atom. The van der Waals surface area contributed by atoms with Gasteiger partial charge in [-0.25, -0.2) is 0 Å². The van der Waals surface area contributed by atoms with Crippen LogP contribution >= 0.6 is 0 Å². The number of aliphatic hydroxyl groups is 4. The number of hydrogen-bond donors (Lipinski definition) is 4. The maximum absolute atomic E-state index is 12.7. The summed E-state index contributed by atoms with van der Waals surface area (Å²) in [6.07, 6.45) is 29.0. The number of hydrogen-bond acceptors (Lipinski definition) is 10. The SMILES string of the molecule is CCCC/C=C/CCCCCCCC(=O)O[C@@H](COC(=O)CCCCCCCCCCC/C=C/CCCCCC)CO[C@H]1O[C@@H](CO)[C@@H](O)C(O)C1O. The molecular formula is C43H78O10. The van der Waals surface area contributed by atoms with Gasteiger partial charge in [0.15, 0.2) is 12.4 Å². The summed E-state index contributed by atoms with van der Waals surface area (Å²) in [5.41, 5.74) is 0. The van der Waals surface area contributed by atoms with E-state index < -0.39 is 49.4 Å². The van der Waals surface area contributed by atoms with E-state index in [0.29, 0.717) is 6.42 Å². The third-order valence-electron chi connectivity index (χ3n) is 9.81. The molecule has 310 valence electrons. The standard InChI is InChI=1S/C43H78O10/c1-3-5-7-9-11-13-15-16-17-18-19-20-22-23-25-27-29-31-38(45)50-34-36(35-51-43-42(49)41(48)40(47)37(33-44)53-43)52-39(46)32-30-28-26-24-21-14-12-10-8-6-4-2/h10,12-13,15,36-37,40-44,47-49H,3-9,11,14,16-35H2,1-2H3/b12-10+,15-13+/t36-,37-,40+,41?,42?,43-/m0/s1. The van der Waals surface area contributed by atoms with E-state index >= 15 is 0 Å². The molecule has 0 aromatic carbocycles. The first kappa shape index (κ1) is 49.2. The van der Waals surface area contributed by atoms with Crippen LogP contribution in [-0.2, 0) is 28.5 Å². The van der Waals surface area contributed by atoms with Gasteiger partial charge < -0.3 is 39.4 Å². The Balaban J connectivity index is 2.33. The van der Waals surface area contributed by atoms with Crippen molar-refractivity contribution < 1.29 is 49.0 Å². The maximum Gasteiger partial charge on any atom is 0.306 e. The van der Waals surface area contributed by atoms with Crippen LogP contribution in [0.5, 0.6) is 0 Å². The molecule has 10 heteroatoms. The van der Waals surface area contributed by atoms with Crippen molar-refractivity contribution in [1.82, 2.24) is 0 Å². The molecule has 0 amide bonds. The van der Waals surface area contributed by atoms with E-state index in [9.17, 15) is 30.0 Å². The van der Waals surface area contributed by atoms with Crippen molar-refractivity contribution in [3.05, 3.63) is 24.3 Å². The van der Waals surface area contributed by atoms with Crippen molar-refractivity contribution in [3.63, 3.8) is 0 Å². The second kappa shape index (κ2) is 34.7. The summed E-state index contributed by atoms with van der Waals surface area (Å²) >= 11 is 0. The lowest BCUT2D eigenvalue weighted by Crippen LogP contribution is -2.59. The molecular weight excluding hydrogens is 676 g/mol. The molecule has 10 nitrogen and oxygen atoms in total. The fourth-order valence-corrected chi connectivity index (χ4v) is 6.34. The highest BCUT2D eigenvalue weighted by atomic mass is 16.7. The van der Waals surface area contributed by atoms with Crippen LogP contribution in [-0.4, -0.2) is 89.0 Å². The van der Waals surface area contributed by atoms with Crippen LogP contribution in [0.2, 0.25) is 0 Å². The minimum Gasteiger partial charge on any atom is -0.462 e. The molecule has 1 aliphatic rings. The van der Waals surface area contributed by atoms with Gasteiger partial charge in [0.1, 0.15) is 31.0 Å². The number of carbonyl (C=O) groups excluding carboxylic acids is 2. The van der Waals surface area contributed by atoms with Gasteiger partial charge >= 0.3 is 11.9 Å². The molecule has 4 N–H and O–H groups in total. The first-order valence-electron chi connectivity index (χ1n) is 21.4. The zero-order valence-electron chi connectivity index (χ0n) is 33.5. The molecule has 1 saturated heterocycles. The first-order chi connectivity index (χ1) is 25.8. The van der Waals surface area contributed by atoms with Crippen LogP contribution in [0.15, 0.2) is 24.3 Å². The quantitative estimate of drug-likeness (QED) is 0.0281. The summed E-state index contributed by atoms with van der Waals surface area (Å²) < 4.78 is 22.1. The number of esters is 2. The van der Waals surface area contributed by atoms with Crippen molar-refractivity contribution in [2.45, 2.75) is 218 Å². The van der Waals surface area contributed by atoms with E-state index in [1.54, 1.807) is 0 Å². The fraction of sp³-hybridized carbons (Fsp3) is 0.860. The number of unbranched alkanes of at least 4 members (excludes halogenated alkanes) is 20. The highest BCUT2D eigenvalue weighted by Crippen LogP contribution is 2.22. The number of aliphatic hydroxyl groups excluding tert-OH is 4. The van der Waals surface area contributed by atoms with Gasteiger partial charge in [-0.3, -0.25) is 9.59 Å². The third-order valence-corrected chi connectivity index (χ3v) is 9.81. The number of allylic oxidation sites excluding steroid dienone is 4. The molecule has 53 heavy (non-hydrogen) atoms. The molecule has 0 aromatic rings. The van der Waals surface area contributed by atoms with Crippen LogP contribution in [0.25, 0.3) is 0 Å². The zero-order valence-corrected chi connectivity index (χ0v) is 33.5. The summed E-state index contributed by atoms with van der Waals surface area (Å²) in [7, 11) is 0. The molecule has 0 bridgehead atoms. The number of rotatable bonds is 35. The predicted octanol–water partition coefficient (Wildman–Crippen LogP) is 8.55. The molecule has 1 heterocycles. The van der Waals surface area contributed by atoms with E-state index in [-0.39, 0.29) is 32.0 Å². The summed E-state index contributed by atoms with van der Waals surface area (Å²) in [5.74, 6) is -0.818. The van der Waals surface area contributed by atoms with Crippen LogP contribution in [0.4, 0.5) is 0 Å². The second-order valence-corrected chi connectivity index (χ2v) is 14.8. The van der Waals surface area contributed by atoms with Gasteiger partial charge in [-0.1, -0.05) is 134 Å². The lowest BCUT2D eigenvalue weighted by Gasteiger charge is -2.39. The molecule has 6 atom stereocenters. The number of carbonyl (C=O) groups is 2. The molecule has 1 aliphatic heterocycles. The normalized spacial score (nSPS) is 21.1. The molecule has 0 radical (unpaired) electrons. The van der Waals surface area contributed by atoms with Crippen molar-refractivity contribution in [3.8, 4) is 0 Å². The largest absolute Gasteiger partial charge is 0.462 e. The second-order valence-electron chi connectivity index (χ2n) is 14.8. The highest BCUT2D eigenvalue weighted by molar-refractivity contribution is 5.70. The summed E-state index contributed by atoms with van der Waals surface area (Å²) in [6.45, 7) is 3.36. The van der Waals surface area contributed by atoms with Crippen LogP contribution in [0.3, 0.4) is 0 Å². The molecule has 2 unspecified atom stereocenters. The van der Waals surface area contributed by atoms with Crippen LogP contribution < -0.4 is 0 Å². The zero-order chi connectivity index (χ0) is 38.8. The monoisotopic (exact) mass is 755 g/mol. The van der Waals surface area contributed by atoms with Gasteiger partial charge in [-0.2, -0.15) is 0 Å². The van der Waals surface area contributed by atoms with Crippen LogP contribution in [0.1, 0.15) is 181 Å². The van der Waals surface area contributed by atoms with Gasteiger partial charge in [0.25, 0.3) is 0 Å². The third kappa shape index (κ3) is 26.6. The van der Waals surface area contributed by atoms with Gasteiger partial charge in [0.05, 0.1) is 13.2 Å². The lowest BCUT2D eigenvalue weighted by atomic mass is 9.99. The van der Waals surface area contributed by atoms with E-state index in [1.807, 2.05) is 0 Å². The Morgan fingerprint density at radius 3 is 1.53 bits per heavy atom. The van der Waals surface area contributed by atoms with Crippen molar-refractivity contribution in [2.24, 2.45) is 0 Å². The molecule has 1 rings (SSSR count). The topological polar surface area (TPSA) is 152 Å². The van der Waals surface area contributed by atoms with Gasteiger partial charge in [0.2, 0.25) is 0 Å². The molecule has 0 aliphatic carbocycles. The Hall–Kier alpha value is -1.82. The average molecular weight is 755 g/mol. The van der Waals surface area contributed by atoms with Gasteiger partial charge in [-0.05, 0) is 57.8 Å². The Labute approximate surface area is 322 Å². The van der Waals surface area contributed by atoms with Crippen molar-refractivity contribution in [2.75, 3.05) is 19.8 Å². The Morgan fingerprint density at radius 1 is 0.566 bits per heavy atom. The van der Waals surface area contributed by atoms with Gasteiger partial charge in [-0.15, -0.1) is 0 Å². The highest BCUT2D eigenvalue weighted by Gasteiger charge is 2.44. The van der Waals surface area contributed by atoms with Crippen LogP contribution in [0, 0.1) is 0 Å². The predicted molar refractivity (Wildman–Crippen MR) is 210 cm³/mol. The average Bonchev–Trinajstić information content (AvgIpc) is 3.15. The van der Waals surface area contributed by atoms with Gasteiger partial charge in [0, 0.05) is 12.8 Å². The summed E-state index contributed by atoms with van der Waals surface area (Å²) in [6, 6.07) is 0. The molecule has 0 saturated carbocycles. The number of ether oxygens (including phenoxy) is 4. The Bertz CT molecular complexity index is 923. The van der Waals surface area contributed by atoms with E-state index in [0.717, 1.165) is 64.2 Å². The first-order valence-corrected chi connectivity index (χ1v) is 21.4. The van der Waals surface area contributed by atoms with E-state index in [1.165, 1.54) is 83.5 Å². The minimum absolute atomic E-state index is 0.220.